The summed E-state index contributed by atoms with van der Waals surface area (Å²) in [6.45, 7) is 7.08. The number of nitrogens with zero attached hydrogens (tertiary/aromatic N) is 4. The Labute approximate surface area is 260 Å². The molecule has 8 nitrogen and oxygen atoms in total. The van der Waals surface area contributed by atoms with Crippen molar-refractivity contribution in [3.63, 3.8) is 0 Å². The number of ether oxygens (including phenoxy) is 2. The second-order valence-electron chi connectivity index (χ2n) is 11.8. The van der Waals surface area contributed by atoms with Crippen LogP contribution in [-0.4, -0.2) is 78.8 Å². The SMILES string of the molecule is CN1CCN(CCc2sc(C3CCCCC3)nc2-c2ccc(OCCCCCOc3ccc(C(N)=NO)cc3)cc2)CC1. The summed E-state index contributed by atoms with van der Waals surface area (Å²) in [5, 5.41) is 13.1. The van der Waals surface area contributed by atoms with Gasteiger partial charge >= 0.3 is 0 Å². The monoisotopic (exact) mass is 605 g/mol. The highest BCUT2D eigenvalue weighted by molar-refractivity contribution is 7.12. The second-order valence-corrected chi connectivity index (χ2v) is 13.0. The van der Waals surface area contributed by atoms with E-state index in [0.29, 0.717) is 24.7 Å². The highest BCUT2D eigenvalue weighted by atomic mass is 32.1. The van der Waals surface area contributed by atoms with Crippen LogP contribution in [0.1, 0.15) is 72.7 Å². The van der Waals surface area contributed by atoms with Gasteiger partial charge in [0.1, 0.15) is 11.5 Å². The summed E-state index contributed by atoms with van der Waals surface area (Å²) in [7, 11) is 2.22. The lowest BCUT2D eigenvalue weighted by atomic mass is 9.90. The smallest absolute Gasteiger partial charge is 0.170 e. The number of unbranched alkanes of at least 4 members (excludes halogenated alkanes) is 2. The zero-order valence-electron chi connectivity index (χ0n) is 25.5. The number of amidine groups is 1. The number of aromatic nitrogens is 1. The highest BCUT2D eigenvalue weighted by Crippen LogP contribution is 2.39. The Bertz CT molecular complexity index is 1280. The van der Waals surface area contributed by atoms with Gasteiger partial charge in [0.2, 0.25) is 0 Å². The Balaban J connectivity index is 1.08. The van der Waals surface area contributed by atoms with E-state index in [0.717, 1.165) is 69.9 Å². The van der Waals surface area contributed by atoms with E-state index in [9.17, 15) is 0 Å². The molecule has 1 aliphatic heterocycles. The van der Waals surface area contributed by atoms with Crippen LogP contribution >= 0.6 is 11.3 Å². The maximum absolute atomic E-state index is 8.76. The van der Waals surface area contributed by atoms with E-state index < -0.39 is 0 Å². The maximum Gasteiger partial charge on any atom is 0.170 e. The number of thiazole rings is 1. The molecule has 0 amide bonds. The summed E-state index contributed by atoms with van der Waals surface area (Å²) >= 11 is 1.97. The number of nitrogens with two attached hydrogens (primary N) is 1. The summed E-state index contributed by atoms with van der Waals surface area (Å²) in [5.41, 5.74) is 8.66. The van der Waals surface area contributed by atoms with E-state index in [4.69, 9.17) is 25.4 Å². The molecule has 2 heterocycles. The molecule has 1 saturated carbocycles. The molecule has 3 N–H and O–H groups in total. The molecule has 2 aliphatic rings. The number of hydrogen-bond donors (Lipinski definition) is 2. The predicted octanol–water partition coefficient (Wildman–Crippen LogP) is 6.37. The van der Waals surface area contributed by atoms with Crippen molar-refractivity contribution in [3.05, 3.63) is 64.0 Å². The maximum atomic E-state index is 8.76. The minimum absolute atomic E-state index is 0.0922. The molecular weight excluding hydrogens is 558 g/mol. The van der Waals surface area contributed by atoms with Crippen LogP contribution in [0.2, 0.25) is 0 Å². The van der Waals surface area contributed by atoms with Crippen molar-refractivity contribution >= 4 is 17.2 Å². The Kier molecular flexibility index (Phi) is 11.7. The summed E-state index contributed by atoms with van der Waals surface area (Å²) in [6.07, 6.45) is 10.6. The number of rotatable bonds is 14. The van der Waals surface area contributed by atoms with Gasteiger partial charge in [0.25, 0.3) is 0 Å². The number of piperazine rings is 1. The lowest BCUT2D eigenvalue weighted by Gasteiger charge is -2.32. The minimum Gasteiger partial charge on any atom is -0.494 e. The number of benzene rings is 2. The van der Waals surface area contributed by atoms with E-state index in [1.165, 1.54) is 53.2 Å². The van der Waals surface area contributed by atoms with E-state index in [2.05, 4.69) is 46.3 Å². The Morgan fingerprint density at radius 1 is 0.907 bits per heavy atom. The van der Waals surface area contributed by atoms with Crippen molar-refractivity contribution in [2.24, 2.45) is 10.9 Å². The fourth-order valence-electron chi connectivity index (χ4n) is 5.87. The molecule has 0 atom stereocenters. The topological polar surface area (TPSA) is 96.4 Å². The van der Waals surface area contributed by atoms with E-state index >= 15 is 0 Å². The van der Waals surface area contributed by atoms with Gasteiger partial charge in [-0.3, -0.25) is 0 Å². The van der Waals surface area contributed by atoms with Crippen LogP contribution in [0, 0.1) is 0 Å². The van der Waals surface area contributed by atoms with Crippen LogP contribution in [0.3, 0.4) is 0 Å². The summed E-state index contributed by atoms with van der Waals surface area (Å²) in [5.74, 6) is 2.41. The Hall–Kier alpha value is -3.14. The van der Waals surface area contributed by atoms with Gasteiger partial charge in [0, 0.05) is 54.6 Å². The zero-order chi connectivity index (χ0) is 29.9. The lowest BCUT2D eigenvalue weighted by molar-refractivity contribution is 0.156. The van der Waals surface area contributed by atoms with E-state index in [1.807, 2.05) is 23.5 Å². The van der Waals surface area contributed by atoms with Crippen LogP contribution in [0.25, 0.3) is 11.3 Å². The first-order chi connectivity index (χ1) is 21.1. The standard InChI is InChI=1S/C34H47N5O3S/c1-38-20-22-39(23-21-38)19-18-31-32(36-34(43-31)28-8-4-2-5-9-28)26-10-14-29(15-11-26)41-24-6-3-7-25-42-30-16-12-27(13-17-30)33(35)37-40/h10-17,28,40H,2-9,18-25H2,1H3,(H2,35,37). The molecule has 9 heteroatoms. The molecule has 5 rings (SSSR count). The average molecular weight is 606 g/mol. The summed E-state index contributed by atoms with van der Waals surface area (Å²) < 4.78 is 11.9. The van der Waals surface area contributed by atoms with Gasteiger partial charge < -0.3 is 30.2 Å². The molecule has 0 spiro atoms. The Morgan fingerprint density at radius 2 is 1.53 bits per heavy atom. The molecule has 43 heavy (non-hydrogen) atoms. The first-order valence-electron chi connectivity index (χ1n) is 15.9. The van der Waals surface area contributed by atoms with Crippen LogP contribution < -0.4 is 15.2 Å². The zero-order valence-corrected chi connectivity index (χ0v) is 26.4. The highest BCUT2D eigenvalue weighted by Gasteiger charge is 2.23. The van der Waals surface area contributed by atoms with Crippen molar-refractivity contribution < 1.29 is 14.7 Å². The van der Waals surface area contributed by atoms with Crippen LogP contribution in [0.4, 0.5) is 0 Å². The number of oxime groups is 1. The van der Waals surface area contributed by atoms with E-state index in [-0.39, 0.29) is 5.84 Å². The summed E-state index contributed by atoms with van der Waals surface area (Å²) in [6, 6.07) is 15.8. The predicted molar refractivity (Wildman–Crippen MR) is 175 cm³/mol. The van der Waals surface area contributed by atoms with Gasteiger partial charge in [-0.1, -0.05) is 24.4 Å². The van der Waals surface area contributed by atoms with Crippen molar-refractivity contribution in [2.75, 3.05) is 53.0 Å². The third-order valence-electron chi connectivity index (χ3n) is 8.63. The van der Waals surface area contributed by atoms with Crippen molar-refractivity contribution in [2.45, 2.75) is 63.7 Å². The Morgan fingerprint density at radius 3 is 2.16 bits per heavy atom. The molecule has 1 saturated heterocycles. The first-order valence-corrected chi connectivity index (χ1v) is 16.7. The fourth-order valence-corrected chi connectivity index (χ4v) is 7.12. The molecule has 2 fully saturated rings. The molecule has 0 unspecified atom stereocenters. The average Bonchev–Trinajstić information content (AvgIpc) is 3.49. The number of hydrogen-bond acceptors (Lipinski definition) is 8. The minimum atomic E-state index is 0.0922. The van der Waals surface area contributed by atoms with Crippen LogP contribution in [0.15, 0.2) is 53.7 Å². The van der Waals surface area contributed by atoms with Gasteiger partial charge in [-0.25, -0.2) is 4.98 Å². The van der Waals surface area contributed by atoms with Crippen molar-refractivity contribution in [3.8, 4) is 22.8 Å². The third kappa shape index (κ3) is 9.17. The molecular formula is C34H47N5O3S. The molecule has 1 aliphatic carbocycles. The molecule has 0 bridgehead atoms. The molecule has 1 aromatic heterocycles. The number of likely N-dealkylation sites (N-methyl/N-ethyl adjacent to an activating group) is 1. The molecule has 232 valence electrons. The second kappa shape index (κ2) is 16.1. The van der Waals surface area contributed by atoms with Gasteiger partial charge in [0.15, 0.2) is 5.84 Å². The van der Waals surface area contributed by atoms with Gasteiger partial charge in [-0.05, 0) is 94.1 Å². The van der Waals surface area contributed by atoms with Crippen molar-refractivity contribution in [1.82, 2.24) is 14.8 Å². The first kappa shape index (κ1) is 31.3. The molecule has 0 radical (unpaired) electrons. The molecule has 2 aromatic carbocycles. The normalized spacial score (nSPS) is 17.3. The van der Waals surface area contributed by atoms with Crippen LogP contribution in [-0.2, 0) is 6.42 Å². The van der Waals surface area contributed by atoms with Crippen LogP contribution in [0.5, 0.6) is 11.5 Å². The summed E-state index contributed by atoms with van der Waals surface area (Å²) in [4.78, 5) is 11.7. The fraction of sp³-hybridized carbons (Fsp3) is 0.529. The van der Waals surface area contributed by atoms with Gasteiger partial charge in [-0.15, -0.1) is 11.3 Å². The van der Waals surface area contributed by atoms with Crippen molar-refractivity contribution in [1.29, 1.82) is 0 Å². The largest absolute Gasteiger partial charge is 0.494 e. The quantitative estimate of drug-likeness (QED) is 0.0725. The third-order valence-corrected chi connectivity index (χ3v) is 9.91. The molecule has 3 aromatic rings. The van der Waals surface area contributed by atoms with E-state index in [1.54, 1.807) is 12.1 Å². The lowest BCUT2D eigenvalue weighted by Crippen LogP contribution is -2.45. The van der Waals surface area contributed by atoms with Gasteiger partial charge in [-0.2, -0.15) is 0 Å². The van der Waals surface area contributed by atoms with Gasteiger partial charge in [0.05, 0.1) is 23.9 Å².